The third kappa shape index (κ3) is 2.93. The van der Waals surface area contributed by atoms with Crippen molar-refractivity contribution in [3.05, 3.63) is 51.4 Å². The molecule has 0 amide bonds. The lowest BCUT2D eigenvalue weighted by atomic mass is 10.0. The Morgan fingerprint density at radius 3 is 2.58 bits per heavy atom. The van der Waals surface area contributed by atoms with E-state index in [1.165, 1.54) is 23.0 Å². The van der Waals surface area contributed by atoms with Gasteiger partial charge in [0.1, 0.15) is 10.7 Å². The van der Waals surface area contributed by atoms with E-state index in [0.29, 0.717) is 16.9 Å². The maximum absolute atomic E-state index is 13.4. The van der Waals surface area contributed by atoms with E-state index in [1.54, 1.807) is 13.8 Å². The second-order valence-corrected chi connectivity index (χ2v) is 6.12. The molecule has 126 valence electrons. The van der Waals surface area contributed by atoms with Gasteiger partial charge in [0.25, 0.3) is 0 Å². The largest absolute Gasteiger partial charge is 0.416 e. The molecular weight excluding hydrogens is 364 g/mol. The predicted molar refractivity (Wildman–Crippen MR) is 85.3 cm³/mol. The third-order valence-corrected chi connectivity index (χ3v) is 4.10. The molecule has 2 aromatic heterocycles. The van der Waals surface area contributed by atoms with Gasteiger partial charge in [-0.2, -0.15) is 18.3 Å². The Labute approximate surface area is 145 Å². The van der Waals surface area contributed by atoms with E-state index in [2.05, 4.69) is 15.1 Å². The first-order chi connectivity index (χ1) is 11.2. The topological polar surface area (TPSA) is 43.6 Å². The van der Waals surface area contributed by atoms with Crippen LogP contribution in [0.1, 0.15) is 29.8 Å². The Balaban J connectivity index is 2.21. The van der Waals surface area contributed by atoms with Crippen LogP contribution in [-0.4, -0.2) is 19.7 Å². The summed E-state index contributed by atoms with van der Waals surface area (Å²) in [6.45, 7) is 3.31. The number of rotatable bonds is 2. The first-order valence-corrected chi connectivity index (χ1v) is 7.68. The normalized spacial score (nSPS) is 13.5. The number of fused-ring (bicyclic) bond motifs is 1. The molecule has 0 N–H and O–H groups in total. The van der Waals surface area contributed by atoms with E-state index in [4.69, 9.17) is 23.2 Å². The van der Waals surface area contributed by atoms with Gasteiger partial charge in [-0.05, 0) is 31.5 Å². The van der Waals surface area contributed by atoms with Crippen LogP contribution in [0.15, 0.2) is 24.4 Å². The van der Waals surface area contributed by atoms with Crippen LogP contribution in [-0.2, 0) is 6.18 Å². The van der Waals surface area contributed by atoms with Gasteiger partial charge in [-0.15, -0.1) is 0 Å². The van der Waals surface area contributed by atoms with Gasteiger partial charge in [0.2, 0.25) is 0 Å². The summed E-state index contributed by atoms with van der Waals surface area (Å²) >= 11 is 11.6. The molecule has 9 heteroatoms. The van der Waals surface area contributed by atoms with Crippen LogP contribution >= 0.6 is 23.2 Å². The van der Waals surface area contributed by atoms with Crippen molar-refractivity contribution in [3.8, 4) is 0 Å². The van der Waals surface area contributed by atoms with E-state index >= 15 is 0 Å². The second kappa shape index (κ2) is 5.89. The summed E-state index contributed by atoms with van der Waals surface area (Å²) in [6.07, 6.45) is -3.16. The minimum atomic E-state index is -4.53. The molecule has 0 aliphatic rings. The highest BCUT2D eigenvalue weighted by atomic mass is 35.5. The summed E-state index contributed by atoms with van der Waals surface area (Å²) in [5.41, 5.74) is 0.616. The van der Waals surface area contributed by atoms with Gasteiger partial charge in [0.05, 0.1) is 23.5 Å². The van der Waals surface area contributed by atoms with Gasteiger partial charge in [-0.1, -0.05) is 29.3 Å². The molecule has 1 aromatic carbocycles. The average molecular weight is 375 g/mol. The fourth-order valence-corrected chi connectivity index (χ4v) is 2.87. The van der Waals surface area contributed by atoms with Gasteiger partial charge < -0.3 is 0 Å². The molecule has 0 aliphatic heterocycles. The summed E-state index contributed by atoms with van der Waals surface area (Å²) in [7, 11) is 0. The van der Waals surface area contributed by atoms with Crippen LogP contribution in [0.5, 0.6) is 0 Å². The minimum Gasteiger partial charge on any atom is -0.248 e. The van der Waals surface area contributed by atoms with Gasteiger partial charge in [0, 0.05) is 5.02 Å². The van der Waals surface area contributed by atoms with E-state index in [-0.39, 0.29) is 15.7 Å². The highest BCUT2D eigenvalue weighted by Gasteiger charge is 2.35. The van der Waals surface area contributed by atoms with E-state index < -0.39 is 17.8 Å². The highest BCUT2D eigenvalue weighted by molar-refractivity contribution is 6.30. The van der Waals surface area contributed by atoms with Gasteiger partial charge in [-0.3, -0.25) is 0 Å². The van der Waals surface area contributed by atoms with Gasteiger partial charge >= 0.3 is 6.18 Å². The summed E-state index contributed by atoms with van der Waals surface area (Å²) in [5.74, 6) is 0. The zero-order valence-corrected chi connectivity index (χ0v) is 14.1. The Bertz CT molecular complexity index is 921. The number of hydrogen-bond acceptors (Lipinski definition) is 3. The Hall–Kier alpha value is -1.86. The van der Waals surface area contributed by atoms with Crippen molar-refractivity contribution in [3.63, 3.8) is 0 Å². The molecule has 0 saturated carbocycles. The Morgan fingerprint density at radius 1 is 1.21 bits per heavy atom. The maximum Gasteiger partial charge on any atom is 0.416 e. The summed E-state index contributed by atoms with van der Waals surface area (Å²) < 4.78 is 41.4. The van der Waals surface area contributed by atoms with Crippen LogP contribution in [0, 0.1) is 6.92 Å². The molecule has 0 radical (unpaired) electrons. The molecule has 4 nitrogen and oxygen atoms in total. The number of hydrogen-bond donors (Lipinski definition) is 0. The van der Waals surface area contributed by atoms with Crippen molar-refractivity contribution in [1.29, 1.82) is 0 Å². The van der Waals surface area contributed by atoms with Crippen molar-refractivity contribution >= 4 is 34.4 Å². The van der Waals surface area contributed by atoms with Crippen LogP contribution in [0.3, 0.4) is 0 Å². The molecule has 3 aromatic rings. The zero-order chi connectivity index (χ0) is 17.6. The predicted octanol–water partition coefficient (Wildman–Crippen LogP) is 5.07. The van der Waals surface area contributed by atoms with E-state index in [1.807, 2.05) is 0 Å². The van der Waals surface area contributed by atoms with E-state index in [0.717, 1.165) is 6.07 Å². The molecule has 0 fully saturated rings. The molecule has 0 saturated heterocycles. The van der Waals surface area contributed by atoms with Crippen LogP contribution in [0.4, 0.5) is 13.2 Å². The summed E-state index contributed by atoms with van der Waals surface area (Å²) in [5, 5.41) is 4.44. The molecule has 2 heterocycles. The van der Waals surface area contributed by atoms with Gasteiger partial charge in [-0.25, -0.2) is 14.6 Å². The molecule has 1 unspecified atom stereocenters. The van der Waals surface area contributed by atoms with Crippen molar-refractivity contribution < 1.29 is 13.2 Å². The van der Waals surface area contributed by atoms with Crippen molar-refractivity contribution in [2.45, 2.75) is 26.1 Å². The molecule has 0 spiro atoms. The Kier molecular flexibility index (Phi) is 4.17. The zero-order valence-electron chi connectivity index (χ0n) is 12.6. The van der Waals surface area contributed by atoms with Gasteiger partial charge in [0.15, 0.2) is 5.65 Å². The lowest BCUT2D eigenvalue weighted by Crippen LogP contribution is -2.16. The fraction of sp³-hybridized carbons (Fsp3) is 0.267. The Morgan fingerprint density at radius 2 is 1.92 bits per heavy atom. The fourth-order valence-electron chi connectivity index (χ4n) is 2.57. The quantitative estimate of drug-likeness (QED) is 0.628. The number of aryl methyl sites for hydroxylation is 1. The van der Waals surface area contributed by atoms with E-state index in [9.17, 15) is 13.2 Å². The number of alkyl halides is 3. The molecule has 1 atom stereocenters. The lowest BCUT2D eigenvalue weighted by molar-refractivity contribution is -0.138. The molecule has 0 bridgehead atoms. The maximum atomic E-state index is 13.4. The first kappa shape index (κ1) is 17.0. The average Bonchev–Trinajstić information content (AvgIpc) is 2.82. The summed E-state index contributed by atoms with van der Waals surface area (Å²) in [6, 6.07) is 2.93. The molecule has 24 heavy (non-hydrogen) atoms. The number of aromatic nitrogens is 4. The molecule has 3 rings (SSSR count). The SMILES string of the molecule is Cc1nn(C(C)c2ccc(Cl)cc2C(F)(F)F)c2nc(Cl)cnc12. The standard InChI is InChI=1S/C15H11Cl2F3N4/c1-7-13-14(22-12(17)6-21-13)24(23-7)8(2)10-4-3-9(16)5-11(10)15(18,19)20/h3-6,8H,1-2H3. The monoisotopic (exact) mass is 374 g/mol. The highest BCUT2D eigenvalue weighted by Crippen LogP contribution is 2.37. The van der Waals surface area contributed by atoms with Crippen LogP contribution in [0.2, 0.25) is 10.2 Å². The number of halogens is 5. The van der Waals surface area contributed by atoms with Crippen LogP contribution < -0.4 is 0 Å². The molecular formula is C15H11Cl2F3N4. The lowest BCUT2D eigenvalue weighted by Gasteiger charge is -2.19. The molecule has 0 aliphatic carbocycles. The van der Waals surface area contributed by atoms with Crippen molar-refractivity contribution in [1.82, 2.24) is 19.7 Å². The second-order valence-electron chi connectivity index (χ2n) is 5.30. The van der Waals surface area contributed by atoms with Crippen molar-refractivity contribution in [2.75, 3.05) is 0 Å². The summed E-state index contributed by atoms with van der Waals surface area (Å²) in [4.78, 5) is 8.29. The third-order valence-electron chi connectivity index (χ3n) is 3.68. The number of benzene rings is 1. The smallest absolute Gasteiger partial charge is 0.248 e. The van der Waals surface area contributed by atoms with Crippen LogP contribution in [0.25, 0.3) is 11.2 Å². The minimum absolute atomic E-state index is 0.0163. The number of nitrogens with zero attached hydrogens (tertiary/aromatic N) is 4. The van der Waals surface area contributed by atoms with Crippen molar-refractivity contribution in [2.24, 2.45) is 0 Å². The first-order valence-electron chi connectivity index (χ1n) is 6.92.